The fraction of sp³-hybridized carbons (Fsp3) is 0.667. The van der Waals surface area contributed by atoms with Crippen LogP contribution >= 0.6 is 0 Å². The van der Waals surface area contributed by atoms with E-state index in [0.29, 0.717) is 0 Å². The molecular weight excluding hydrogens is 178 g/mol. The molecule has 5 nitrogen and oxygen atoms in total. The molecule has 0 aromatic rings. The SMILES string of the molecule is CC(O)C(=O)O.[K+].[Na+].[OH-].[OH-]. The van der Waals surface area contributed by atoms with Crippen LogP contribution in [0.2, 0.25) is 0 Å². The quantitative estimate of drug-likeness (QED) is 0.394. The molecule has 10 heavy (non-hydrogen) atoms. The van der Waals surface area contributed by atoms with Crippen molar-refractivity contribution in [1.82, 2.24) is 0 Å². The Kier molecular flexibility index (Phi) is 50.9. The fourth-order valence-corrected chi connectivity index (χ4v) is 0. The van der Waals surface area contributed by atoms with Gasteiger partial charge in [-0.05, 0) is 6.92 Å². The van der Waals surface area contributed by atoms with Crippen molar-refractivity contribution in [3.63, 3.8) is 0 Å². The van der Waals surface area contributed by atoms with Gasteiger partial charge in [0.2, 0.25) is 0 Å². The van der Waals surface area contributed by atoms with E-state index >= 15 is 0 Å². The summed E-state index contributed by atoms with van der Waals surface area (Å²) < 4.78 is 0. The fourth-order valence-electron chi connectivity index (χ4n) is 0. The van der Waals surface area contributed by atoms with E-state index < -0.39 is 12.1 Å². The average molecular weight is 186 g/mol. The molecule has 1 unspecified atom stereocenters. The Labute approximate surface area is 124 Å². The average Bonchev–Trinajstić information content (AvgIpc) is 1.36. The number of carboxylic acids is 1. The van der Waals surface area contributed by atoms with Gasteiger partial charge in [-0.15, -0.1) is 0 Å². The van der Waals surface area contributed by atoms with Gasteiger partial charge in [0.05, 0.1) is 0 Å². The Morgan fingerprint density at radius 3 is 1.50 bits per heavy atom. The summed E-state index contributed by atoms with van der Waals surface area (Å²) >= 11 is 0. The predicted octanol–water partition coefficient (Wildman–Crippen LogP) is -6.89. The molecule has 1 atom stereocenters. The summed E-state index contributed by atoms with van der Waals surface area (Å²) in [6, 6.07) is 0. The van der Waals surface area contributed by atoms with Crippen LogP contribution in [-0.4, -0.2) is 33.2 Å². The molecule has 0 aliphatic carbocycles. The first-order chi connectivity index (χ1) is 2.64. The molecule has 0 radical (unpaired) electrons. The molecule has 0 amide bonds. The Morgan fingerprint density at radius 2 is 1.50 bits per heavy atom. The van der Waals surface area contributed by atoms with Gasteiger partial charge < -0.3 is 21.2 Å². The zero-order chi connectivity index (χ0) is 5.15. The van der Waals surface area contributed by atoms with Gasteiger partial charge in [-0.25, -0.2) is 4.79 Å². The zero-order valence-corrected chi connectivity index (χ0v) is 11.4. The normalized spacial score (nSPS) is 8.20. The van der Waals surface area contributed by atoms with Gasteiger partial charge in [-0.2, -0.15) is 0 Å². The molecule has 0 aliphatic rings. The standard InChI is InChI=1S/C3H6O3.K.Na.2H2O/c1-2(4)3(5)6;;;;/h2,4H,1H3,(H,5,6);;;2*1H2/q;2*+1;;/p-2. The van der Waals surface area contributed by atoms with Crippen LogP contribution in [0.5, 0.6) is 0 Å². The van der Waals surface area contributed by atoms with Gasteiger partial charge in [-0.1, -0.05) is 0 Å². The van der Waals surface area contributed by atoms with E-state index in [0.717, 1.165) is 0 Å². The minimum absolute atomic E-state index is 0. The van der Waals surface area contributed by atoms with Crippen molar-refractivity contribution in [2.24, 2.45) is 0 Å². The minimum atomic E-state index is -1.23. The third kappa shape index (κ3) is 22.5. The van der Waals surface area contributed by atoms with Crippen LogP contribution in [0, 0.1) is 0 Å². The number of carboxylic acid groups (broad SMARTS) is 1. The zero-order valence-electron chi connectivity index (χ0n) is 6.27. The van der Waals surface area contributed by atoms with Gasteiger partial charge >= 0.3 is 86.9 Å². The van der Waals surface area contributed by atoms with Gasteiger partial charge in [0.15, 0.2) is 0 Å². The maximum absolute atomic E-state index is 9.45. The van der Waals surface area contributed by atoms with Crippen molar-refractivity contribution in [3.05, 3.63) is 0 Å². The second-order valence-electron chi connectivity index (χ2n) is 1.01. The molecule has 0 fully saturated rings. The molecule has 0 aromatic carbocycles. The number of carbonyl (C=O) groups is 1. The van der Waals surface area contributed by atoms with Gasteiger partial charge in [0.1, 0.15) is 6.10 Å². The summed E-state index contributed by atoms with van der Waals surface area (Å²) in [4.78, 5) is 9.45. The monoisotopic (exact) mass is 186 g/mol. The van der Waals surface area contributed by atoms with E-state index in [1.54, 1.807) is 0 Å². The molecule has 0 heterocycles. The van der Waals surface area contributed by atoms with E-state index in [1.165, 1.54) is 6.92 Å². The molecule has 0 rings (SSSR count). The van der Waals surface area contributed by atoms with Crippen LogP contribution in [0.1, 0.15) is 6.92 Å². The molecule has 0 saturated carbocycles. The van der Waals surface area contributed by atoms with Crippen molar-refractivity contribution in [1.29, 1.82) is 0 Å². The number of aliphatic hydroxyl groups excluding tert-OH is 1. The number of aliphatic hydroxyl groups is 1. The Balaban J connectivity index is -0.0000000208. The van der Waals surface area contributed by atoms with E-state index in [9.17, 15) is 4.79 Å². The minimum Gasteiger partial charge on any atom is -0.870 e. The van der Waals surface area contributed by atoms with Crippen LogP contribution in [0.4, 0.5) is 0 Å². The summed E-state index contributed by atoms with van der Waals surface area (Å²) in [5.41, 5.74) is 0. The van der Waals surface area contributed by atoms with Crippen LogP contribution in [0.15, 0.2) is 0 Å². The number of hydrogen-bond acceptors (Lipinski definition) is 4. The molecule has 0 saturated heterocycles. The first kappa shape index (κ1) is 29.6. The molecule has 0 aliphatic heterocycles. The number of hydrogen-bond donors (Lipinski definition) is 2. The van der Waals surface area contributed by atoms with Crippen molar-refractivity contribution in [2.75, 3.05) is 0 Å². The Morgan fingerprint density at radius 1 is 1.40 bits per heavy atom. The van der Waals surface area contributed by atoms with Crippen molar-refractivity contribution in [2.45, 2.75) is 13.0 Å². The van der Waals surface area contributed by atoms with Crippen LogP contribution in [0.25, 0.3) is 0 Å². The van der Waals surface area contributed by atoms with Crippen LogP contribution in [0.3, 0.4) is 0 Å². The number of rotatable bonds is 1. The third-order valence-electron chi connectivity index (χ3n) is 0.357. The van der Waals surface area contributed by atoms with Crippen LogP contribution < -0.4 is 80.9 Å². The Bertz CT molecular complexity index is 67.9. The van der Waals surface area contributed by atoms with Crippen molar-refractivity contribution < 1.29 is 107 Å². The molecule has 7 heteroatoms. The third-order valence-corrected chi connectivity index (χ3v) is 0.357. The number of aliphatic carboxylic acids is 1. The summed E-state index contributed by atoms with van der Waals surface area (Å²) in [5.74, 6) is -1.19. The van der Waals surface area contributed by atoms with E-state index in [2.05, 4.69) is 0 Å². The molecule has 0 aromatic heterocycles. The largest absolute Gasteiger partial charge is 1.00 e. The second kappa shape index (κ2) is 17.2. The predicted molar refractivity (Wildman–Crippen MR) is 23.2 cm³/mol. The van der Waals surface area contributed by atoms with E-state index in [-0.39, 0.29) is 91.9 Å². The second-order valence-corrected chi connectivity index (χ2v) is 1.01. The topological polar surface area (TPSA) is 118 Å². The van der Waals surface area contributed by atoms with Gasteiger partial charge in [0, 0.05) is 0 Å². The first-order valence-corrected chi connectivity index (χ1v) is 1.55. The molecule has 0 spiro atoms. The summed E-state index contributed by atoms with van der Waals surface area (Å²) in [7, 11) is 0. The molecule has 52 valence electrons. The summed E-state index contributed by atoms with van der Waals surface area (Å²) in [6.45, 7) is 1.20. The Hall–Kier alpha value is 1.99. The molecular formula is C3H8KNaO5. The molecule has 4 N–H and O–H groups in total. The van der Waals surface area contributed by atoms with Crippen LogP contribution in [-0.2, 0) is 4.79 Å². The van der Waals surface area contributed by atoms with Gasteiger partial charge in [0.25, 0.3) is 0 Å². The smallest absolute Gasteiger partial charge is 0.870 e. The summed E-state index contributed by atoms with van der Waals surface area (Å²) in [5, 5.41) is 15.8. The van der Waals surface area contributed by atoms with Crippen molar-refractivity contribution >= 4 is 5.97 Å². The molecule has 0 bridgehead atoms. The summed E-state index contributed by atoms with van der Waals surface area (Å²) in [6.07, 6.45) is -1.23. The maximum Gasteiger partial charge on any atom is 1.00 e. The van der Waals surface area contributed by atoms with E-state index in [4.69, 9.17) is 10.2 Å². The van der Waals surface area contributed by atoms with Crippen molar-refractivity contribution in [3.8, 4) is 0 Å². The maximum atomic E-state index is 9.45. The van der Waals surface area contributed by atoms with E-state index in [1.807, 2.05) is 0 Å². The first-order valence-electron chi connectivity index (χ1n) is 1.55. The van der Waals surface area contributed by atoms with Gasteiger partial charge in [-0.3, -0.25) is 0 Å².